The molecule has 0 aliphatic heterocycles. The smallest absolute Gasteiger partial charge is 0.282 e. The highest BCUT2D eigenvalue weighted by molar-refractivity contribution is 5.71. The monoisotopic (exact) mass is 353 g/mol. The van der Waals surface area contributed by atoms with Gasteiger partial charge >= 0.3 is 0 Å². The van der Waals surface area contributed by atoms with Gasteiger partial charge in [-0.05, 0) is 48.6 Å². The first kappa shape index (κ1) is 19.3. The van der Waals surface area contributed by atoms with Crippen molar-refractivity contribution in [2.75, 3.05) is 13.7 Å². The Balaban J connectivity index is 2.21. The van der Waals surface area contributed by atoms with E-state index >= 15 is 0 Å². The lowest BCUT2D eigenvalue weighted by atomic mass is 10.1. The molecule has 6 heteroatoms. The van der Waals surface area contributed by atoms with Crippen molar-refractivity contribution in [1.82, 2.24) is 10.2 Å². The average molecular weight is 353 g/mol. The highest BCUT2D eigenvalue weighted by atomic mass is 16.5. The minimum absolute atomic E-state index is 0.0751. The molecular formula is C20H23N3O3. The number of nitrogens with one attached hydrogen (secondary N) is 1. The van der Waals surface area contributed by atoms with Crippen molar-refractivity contribution in [3.8, 4) is 17.6 Å². The molecule has 0 aliphatic carbocycles. The fourth-order valence-corrected chi connectivity index (χ4v) is 2.33. The molecule has 136 valence electrons. The Morgan fingerprint density at radius 1 is 1.31 bits per heavy atom. The lowest BCUT2D eigenvalue weighted by Gasteiger charge is -2.12. The molecule has 0 spiro atoms. The molecule has 0 saturated heterocycles. The highest BCUT2D eigenvalue weighted by Crippen LogP contribution is 2.29. The zero-order valence-corrected chi connectivity index (χ0v) is 15.5. The summed E-state index contributed by atoms with van der Waals surface area (Å²) in [7, 11) is 1.60. The Morgan fingerprint density at radius 2 is 2.08 bits per heavy atom. The van der Waals surface area contributed by atoms with Gasteiger partial charge in [0.2, 0.25) is 0 Å². The molecule has 0 aliphatic rings. The molecule has 1 aromatic heterocycles. The summed E-state index contributed by atoms with van der Waals surface area (Å²) in [6, 6.07) is 7.55. The minimum Gasteiger partial charge on any atom is -0.493 e. The molecule has 0 fully saturated rings. The van der Waals surface area contributed by atoms with Gasteiger partial charge in [-0.2, -0.15) is 10.4 Å². The summed E-state index contributed by atoms with van der Waals surface area (Å²) >= 11 is 0. The molecule has 1 heterocycles. The van der Waals surface area contributed by atoms with Crippen LogP contribution in [0.2, 0.25) is 0 Å². The van der Waals surface area contributed by atoms with Crippen LogP contribution in [0.5, 0.6) is 11.5 Å². The Bertz CT molecular complexity index is 892. The topological polar surface area (TPSA) is 88.0 Å². The van der Waals surface area contributed by atoms with Gasteiger partial charge in [0.15, 0.2) is 11.5 Å². The SMILES string of the molecule is COc1cc(/C=C/c2n[nH]c(=O)c(C#N)c2C)ccc1OCCC(C)C. The third-order valence-electron chi connectivity index (χ3n) is 3.95. The summed E-state index contributed by atoms with van der Waals surface area (Å²) in [6.45, 7) is 6.64. The summed E-state index contributed by atoms with van der Waals surface area (Å²) in [4.78, 5) is 11.6. The van der Waals surface area contributed by atoms with Crippen LogP contribution < -0.4 is 15.0 Å². The molecule has 0 radical (unpaired) electrons. The number of methoxy groups -OCH3 is 1. The maximum atomic E-state index is 11.6. The molecular weight excluding hydrogens is 330 g/mol. The zero-order valence-electron chi connectivity index (χ0n) is 15.5. The van der Waals surface area contributed by atoms with Crippen molar-refractivity contribution < 1.29 is 9.47 Å². The second-order valence-corrected chi connectivity index (χ2v) is 6.32. The fourth-order valence-electron chi connectivity index (χ4n) is 2.33. The summed E-state index contributed by atoms with van der Waals surface area (Å²) in [5, 5.41) is 15.4. The van der Waals surface area contributed by atoms with Crippen LogP contribution in [0.15, 0.2) is 23.0 Å². The molecule has 2 aromatic rings. The van der Waals surface area contributed by atoms with E-state index in [-0.39, 0.29) is 5.56 Å². The first-order valence-electron chi connectivity index (χ1n) is 8.44. The molecule has 2 rings (SSSR count). The summed E-state index contributed by atoms with van der Waals surface area (Å²) in [6.07, 6.45) is 4.57. The number of aromatic nitrogens is 2. The van der Waals surface area contributed by atoms with E-state index in [1.807, 2.05) is 30.3 Å². The third-order valence-corrected chi connectivity index (χ3v) is 3.95. The van der Waals surface area contributed by atoms with Gasteiger partial charge in [0.25, 0.3) is 5.56 Å². The minimum atomic E-state index is -0.480. The van der Waals surface area contributed by atoms with Crippen molar-refractivity contribution >= 4 is 12.2 Å². The second kappa shape index (κ2) is 8.86. The van der Waals surface area contributed by atoms with Crippen molar-refractivity contribution in [3.05, 3.63) is 50.9 Å². The number of aromatic amines is 1. The van der Waals surface area contributed by atoms with Crippen LogP contribution >= 0.6 is 0 Å². The fraction of sp³-hybridized carbons (Fsp3) is 0.350. The number of nitrogens with zero attached hydrogens (tertiary/aromatic N) is 2. The quantitative estimate of drug-likeness (QED) is 0.822. The van der Waals surface area contributed by atoms with E-state index in [2.05, 4.69) is 24.0 Å². The molecule has 0 atom stereocenters. The Morgan fingerprint density at radius 3 is 2.73 bits per heavy atom. The number of hydrogen-bond acceptors (Lipinski definition) is 5. The number of nitriles is 1. The van der Waals surface area contributed by atoms with Gasteiger partial charge in [0.05, 0.1) is 19.4 Å². The predicted octanol–water partition coefficient (Wildman–Crippen LogP) is 3.55. The first-order chi connectivity index (χ1) is 12.5. The van der Waals surface area contributed by atoms with E-state index in [0.29, 0.717) is 35.3 Å². The van der Waals surface area contributed by atoms with E-state index in [1.54, 1.807) is 20.1 Å². The average Bonchev–Trinajstić information content (AvgIpc) is 2.62. The van der Waals surface area contributed by atoms with Crippen molar-refractivity contribution in [2.45, 2.75) is 27.2 Å². The van der Waals surface area contributed by atoms with Crippen LogP contribution in [-0.4, -0.2) is 23.9 Å². The number of H-pyrrole nitrogens is 1. The first-order valence-corrected chi connectivity index (χ1v) is 8.44. The van der Waals surface area contributed by atoms with Crippen LogP contribution in [0.4, 0.5) is 0 Å². The van der Waals surface area contributed by atoms with Crippen molar-refractivity contribution in [2.24, 2.45) is 5.92 Å². The summed E-state index contributed by atoms with van der Waals surface area (Å²) in [5.74, 6) is 1.93. The molecule has 6 nitrogen and oxygen atoms in total. The largest absolute Gasteiger partial charge is 0.493 e. The van der Waals surface area contributed by atoms with Crippen LogP contribution in [0.3, 0.4) is 0 Å². The molecule has 1 N–H and O–H groups in total. The van der Waals surface area contributed by atoms with Gasteiger partial charge in [-0.25, -0.2) is 5.10 Å². The Labute approximate surface area is 153 Å². The van der Waals surface area contributed by atoms with Crippen molar-refractivity contribution in [3.63, 3.8) is 0 Å². The lowest BCUT2D eigenvalue weighted by Crippen LogP contribution is -2.15. The number of rotatable bonds is 7. The molecule has 0 unspecified atom stereocenters. The van der Waals surface area contributed by atoms with E-state index in [9.17, 15) is 4.79 Å². The number of hydrogen-bond donors (Lipinski definition) is 1. The maximum Gasteiger partial charge on any atom is 0.282 e. The molecule has 0 saturated carbocycles. The van der Waals surface area contributed by atoms with Gasteiger partial charge in [0.1, 0.15) is 11.6 Å². The number of benzene rings is 1. The van der Waals surface area contributed by atoms with Gasteiger partial charge < -0.3 is 9.47 Å². The molecule has 0 bridgehead atoms. The maximum absolute atomic E-state index is 11.6. The van der Waals surface area contributed by atoms with Crippen LogP contribution in [0.1, 0.15) is 42.7 Å². The van der Waals surface area contributed by atoms with Gasteiger partial charge in [-0.1, -0.05) is 26.0 Å². The van der Waals surface area contributed by atoms with E-state index in [1.165, 1.54) is 0 Å². The summed E-state index contributed by atoms with van der Waals surface area (Å²) in [5.41, 5.74) is 1.58. The standard InChI is InChI=1S/C20H23N3O3/c1-13(2)9-10-26-18-8-6-15(11-19(18)25-4)5-7-17-14(3)16(12-21)20(24)23-22-17/h5-8,11,13H,9-10H2,1-4H3,(H,23,24)/b7-5+. The van der Waals surface area contributed by atoms with Gasteiger partial charge in [0, 0.05) is 0 Å². The van der Waals surface area contributed by atoms with Crippen molar-refractivity contribution in [1.29, 1.82) is 5.26 Å². The Hall–Kier alpha value is -3.07. The predicted molar refractivity (Wildman–Crippen MR) is 101 cm³/mol. The lowest BCUT2D eigenvalue weighted by molar-refractivity contribution is 0.273. The van der Waals surface area contributed by atoms with Crippen LogP contribution in [0, 0.1) is 24.2 Å². The molecule has 1 aromatic carbocycles. The zero-order chi connectivity index (χ0) is 19.1. The Kier molecular flexibility index (Phi) is 6.56. The third kappa shape index (κ3) is 4.73. The van der Waals surface area contributed by atoms with Gasteiger partial charge in [-0.15, -0.1) is 0 Å². The highest BCUT2D eigenvalue weighted by Gasteiger charge is 2.08. The van der Waals surface area contributed by atoms with E-state index in [4.69, 9.17) is 14.7 Å². The second-order valence-electron chi connectivity index (χ2n) is 6.32. The van der Waals surface area contributed by atoms with E-state index in [0.717, 1.165) is 12.0 Å². The normalized spacial score (nSPS) is 10.9. The summed E-state index contributed by atoms with van der Waals surface area (Å²) < 4.78 is 11.2. The van der Waals surface area contributed by atoms with Crippen LogP contribution in [0.25, 0.3) is 12.2 Å². The number of ether oxygens (including phenoxy) is 2. The van der Waals surface area contributed by atoms with E-state index < -0.39 is 5.56 Å². The van der Waals surface area contributed by atoms with Gasteiger partial charge in [-0.3, -0.25) is 4.79 Å². The van der Waals surface area contributed by atoms with Crippen LogP contribution in [-0.2, 0) is 0 Å². The molecule has 26 heavy (non-hydrogen) atoms. The molecule has 0 amide bonds.